The Morgan fingerprint density at radius 2 is 1.69 bits per heavy atom. The number of carbonyl (C=O) groups excluding carboxylic acids is 1. The second-order valence-electron chi connectivity index (χ2n) is 14.0. The van der Waals surface area contributed by atoms with E-state index in [0.29, 0.717) is 30.1 Å². The van der Waals surface area contributed by atoms with E-state index in [9.17, 15) is 9.90 Å². The largest absolute Gasteiger partial charge is 0.512 e. The summed E-state index contributed by atoms with van der Waals surface area (Å²) in [5.74, 6) is 0.641. The molecule has 0 aliphatic heterocycles. The summed E-state index contributed by atoms with van der Waals surface area (Å²) in [6.07, 6.45) is 4.17. The first-order valence-corrected chi connectivity index (χ1v) is 15.0. The number of hydrogen-bond donors (Lipinski definition) is 1. The van der Waals surface area contributed by atoms with Crippen molar-refractivity contribution >= 4 is 27.9 Å². The molecule has 1 N–H and O–H groups in total. The number of hydrogen-bond acceptors (Lipinski definition) is 5. The predicted molar refractivity (Wildman–Crippen MR) is 182 cm³/mol. The third kappa shape index (κ3) is 9.94. The number of benzene rings is 2. The molecule has 1 radical (unpaired) electrons. The molecule has 6 heteroatoms. The minimum Gasteiger partial charge on any atom is -0.512 e. The number of rotatable bonds is 6. The van der Waals surface area contributed by atoms with Gasteiger partial charge >= 0.3 is 0 Å². The summed E-state index contributed by atoms with van der Waals surface area (Å²) < 4.78 is 28.9. The maximum Gasteiger partial charge on any atom is 0.216 e. The molecule has 0 unspecified atom stereocenters. The Balaban J connectivity index is 0.000000334. The maximum atomic E-state index is 11.5. The number of aryl methyl sites for hydroxylation is 1. The number of aliphatic hydroxyl groups is 1. The molecule has 0 saturated heterocycles. The molecule has 0 saturated carbocycles. The molecule has 239 valence electrons. The van der Waals surface area contributed by atoms with Crippen molar-refractivity contribution in [1.82, 2.24) is 9.97 Å². The number of pyridine rings is 2. The van der Waals surface area contributed by atoms with E-state index in [0.717, 1.165) is 33.2 Å². The van der Waals surface area contributed by atoms with Crippen LogP contribution in [0.5, 0.6) is 0 Å². The van der Waals surface area contributed by atoms with Gasteiger partial charge in [0.15, 0.2) is 5.78 Å². The average molecular weight is 785 g/mol. The molecule has 45 heavy (non-hydrogen) atoms. The Kier molecular flexibility index (Phi) is 10.2. The molecular formula is C39H45IrN2O3-. The summed E-state index contributed by atoms with van der Waals surface area (Å²) in [5, 5.41) is 11.2. The maximum absolute atomic E-state index is 11.5. The number of fused-ring (bicyclic) bond motifs is 3. The Morgan fingerprint density at radius 1 is 0.978 bits per heavy atom. The van der Waals surface area contributed by atoms with Crippen molar-refractivity contribution in [2.75, 3.05) is 0 Å². The molecule has 2 aromatic carbocycles. The zero-order chi connectivity index (χ0) is 34.7. The second-order valence-corrected chi connectivity index (χ2v) is 14.0. The van der Waals surface area contributed by atoms with Gasteiger partial charge in [-0.05, 0) is 64.2 Å². The van der Waals surface area contributed by atoms with E-state index in [1.807, 2.05) is 65.8 Å². The fourth-order valence-electron chi connectivity index (χ4n) is 4.99. The minimum absolute atomic E-state index is 0. The van der Waals surface area contributed by atoms with Crippen LogP contribution in [-0.2, 0) is 24.9 Å². The number of nitrogens with zero attached hydrogens (tertiary/aromatic N) is 2. The fraction of sp³-hybridized carbons (Fsp3) is 0.359. The van der Waals surface area contributed by atoms with Crippen LogP contribution < -0.4 is 0 Å². The van der Waals surface area contributed by atoms with Gasteiger partial charge in [0.05, 0.1) is 11.3 Å². The van der Waals surface area contributed by atoms with Crippen molar-refractivity contribution in [3.8, 4) is 22.4 Å². The van der Waals surface area contributed by atoms with E-state index in [2.05, 4.69) is 54.1 Å². The van der Waals surface area contributed by atoms with E-state index in [1.54, 1.807) is 12.3 Å². The monoisotopic (exact) mass is 785 g/mol. The Hall–Kier alpha value is -3.60. The molecule has 3 heterocycles. The SMILES string of the molecule is CC(C)(C)CC(=O)/C=C(\O)CC(C)(C)C.[2H]C([2H])([2H])c1ccc2c(n1)oc1c(-c3cc(-c4cccc(C(C)C)c4)ccn3)[c-]ccc12.[Ir]. The zero-order valence-corrected chi connectivity index (χ0v) is 29.8. The summed E-state index contributed by atoms with van der Waals surface area (Å²) in [5.41, 5.74) is 5.83. The molecule has 0 bridgehead atoms. The summed E-state index contributed by atoms with van der Waals surface area (Å²) in [7, 11) is 0. The smallest absolute Gasteiger partial charge is 0.216 e. The van der Waals surface area contributed by atoms with Crippen LogP contribution >= 0.6 is 0 Å². The van der Waals surface area contributed by atoms with E-state index < -0.39 is 6.85 Å². The van der Waals surface area contributed by atoms with Crippen LogP contribution in [-0.4, -0.2) is 20.9 Å². The van der Waals surface area contributed by atoms with Gasteiger partial charge in [0, 0.05) is 60.4 Å². The van der Waals surface area contributed by atoms with Crippen LogP contribution in [0.1, 0.15) is 89.5 Å². The van der Waals surface area contributed by atoms with Crippen molar-refractivity contribution in [2.24, 2.45) is 10.8 Å². The molecular weight excluding hydrogens is 737 g/mol. The van der Waals surface area contributed by atoms with Crippen LogP contribution in [0.25, 0.3) is 44.5 Å². The molecule has 0 spiro atoms. The first kappa shape index (κ1) is 31.4. The van der Waals surface area contributed by atoms with Crippen molar-refractivity contribution in [2.45, 2.75) is 81.0 Å². The average Bonchev–Trinajstić information content (AvgIpc) is 3.33. The van der Waals surface area contributed by atoms with Crippen LogP contribution in [0.15, 0.2) is 83.1 Å². The van der Waals surface area contributed by atoms with Gasteiger partial charge in [0.25, 0.3) is 0 Å². The summed E-state index contributed by atoms with van der Waals surface area (Å²) in [6.45, 7) is 14.2. The Morgan fingerprint density at radius 3 is 2.36 bits per heavy atom. The van der Waals surface area contributed by atoms with Crippen LogP contribution in [0.2, 0.25) is 0 Å². The van der Waals surface area contributed by atoms with Crippen LogP contribution in [0.3, 0.4) is 0 Å². The molecule has 3 aromatic heterocycles. The Labute approximate surface area is 285 Å². The standard InChI is InChI=1S/C26H21N2O.C13H24O2.Ir/c1-16(2)18-6-4-7-19(14-18)20-12-13-27-24(15-20)23-9-5-8-21-22-11-10-17(3)28-26(22)29-25(21)23;1-12(2,3)8-10(14)7-11(15)9-13(4,5)6;/h4-8,10-16H,1-3H3;7,14H,8-9H2,1-6H3;/q-1;;/b;10-7-;/i3D3;;. The number of ketones is 1. The van der Waals surface area contributed by atoms with Crippen molar-refractivity contribution in [1.29, 1.82) is 0 Å². The molecule has 0 atom stereocenters. The molecule has 0 fully saturated rings. The molecule has 5 nitrogen and oxygen atoms in total. The van der Waals surface area contributed by atoms with Gasteiger partial charge in [-0.1, -0.05) is 96.7 Å². The molecule has 0 aliphatic carbocycles. The number of aromatic nitrogens is 2. The van der Waals surface area contributed by atoms with Crippen molar-refractivity contribution in [3.63, 3.8) is 0 Å². The van der Waals surface area contributed by atoms with Crippen molar-refractivity contribution < 1.29 is 38.5 Å². The summed E-state index contributed by atoms with van der Waals surface area (Å²) >= 11 is 0. The minimum atomic E-state index is -2.29. The quantitative estimate of drug-likeness (QED) is 0.105. The first-order valence-electron chi connectivity index (χ1n) is 16.5. The normalized spacial score (nSPS) is 13.4. The molecule has 0 amide bonds. The fourth-order valence-corrected chi connectivity index (χ4v) is 4.99. The third-order valence-corrected chi connectivity index (χ3v) is 6.94. The first-order chi connectivity index (χ1) is 21.8. The number of aliphatic hydroxyl groups excluding tert-OH is 1. The molecule has 0 aliphatic rings. The van der Waals surface area contributed by atoms with Gasteiger partial charge in [-0.2, -0.15) is 0 Å². The van der Waals surface area contributed by atoms with Gasteiger partial charge in [-0.15, -0.1) is 18.2 Å². The van der Waals surface area contributed by atoms with Gasteiger partial charge in [-0.3, -0.25) is 4.79 Å². The number of carbonyl (C=O) groups is 1. The van der Waals surface area contributed by atoms with Crippen LogP contribution in [0, 0.1) is 23.7 Å². The summed E-state index contributed by atoms with van der Waals surface area (Å²) in [6, 6.07) is 22.8. The van der Waals surface area contributed by atoms with E-state index in [-0.39, 0.29) is 48.2 Å². The van der Waals surface area contributed by atoms with Crippen LogP contribution in [0.4, 0.5) is 0 Å². The summed E-state index contributed by atoms with van der Waals surface area (Å²) in [4.78, 5) is 20.3. The molecule has 5 aromatic rings. The predicted octanol–water partition coefficient (Wildman–Crippen LogP) is 10.8. The molecule has 5 rings (SSSR count). The van der Waals surface area contributed by atoms with Crippen molar-refractivity contribution in [3.05, 3.63) is 96.0 Å². The van der Waals surface area contributed by atoms with Gasteiger partial charge in [0.1, 0.15) is 0 Å². The Bertz CT molecular complexity index is 1910. The third-order valence-electron chi connectivity index (χ3n) is 6.94. The van der Waals surface area contributed by atoms with Gasteiger partial charge in [-0.25, -0.2) is 4.98 Å². The van der Waals surface area contributed by atoms with E-state index in [4.69, 9.17) is 8.53 Å². The second kappa shape index (κ2) is 14.7. The topological polar surface area (TPSA) is 76.2 Å². The van der Waals surface area contributed by atoms with E-state index in [1.165, 1.54) is 17.7 Å². The zero-order valence-electron chi connectivity index (χ0n) is 30.4. The van der Waals surface area contributed by atoms with Gasteiger partial charge in [0.2, 0.25) is 5.71 Å². The number of allylic oxidation sites excluding steroid dienone is 2. The number of furan rings is 1. The van der Waals surface area contributed by atoms with E-state index >= 15 is 0 Å². The van der Waals surface area contributed by atoms with Gasteiger partial charge < -0.3 is 14.5 Å².